The minimum atomic E-state index is -0.124. The lowest BCUT2D eigenvalue weighted by molar-refractivity contribution is -0.144. The van der Waals surface area contributed by atoms with Crippen LogP contribution in [0.1, 0.15) is 33.1 Å². The first kappa shape index (κ1) is 11.2. The molecule has 0 bridgehead atoms. The zero-order valence-electron chi connectivity index (χ0n) is 8.91. The van der Waals surface area contributed by atoms with Crippen LogP contribution in [0, 0.1) is 0 Å². The van der Waals surface area contributed by atoms with Crippen LogP contribution in [0.3, 0.4) is 0 Å². The molecule has 1 heterocycles. The summed E-state index contributed by atoms with van der Waals surface area (Å²) < 4.78 is 9.92. The zero-order valence-corrected chi connectivity index (χ0v) is 8.91. The summed E-state index contributed by atoms with van der Waals surface area (Å²) in [5.74, 6) is -0.124. The van der Waals surface area contributed by atoms with Gasteiger partial charge in [0.15, 0.2) is 0 Å². The summed E-state index contributed by atoms with van der Waals surface area (Å²) >= 11 is 0. The Balaban J connectivity index is 2.01. The highest BCUT2D eigenvalue weighted by Crippen LogP contribution is 2.09. The van der Waals surface area contributed by atoms with Crippen molar-refractivity contribution < 1.29 is 14.3 Å². The molecule has 14 heavy (non-hydrogen) atoms. The standard InChI is InChI=1S/C11H18O3/c1-3-9(2)5-4-6-11(12)14-8-10-7-13-10/h5,10H,3-4,6-8H2,1-2H3/b9-5+. The van der Waals surface area contributed by atoms with E-state index in [1.165, 1.54) is 5.57 Å². The van der Waals surface area contributed by atoms with Gasteiger partial charge in [-0.25, -0.2) is 0 Å². The molecule has 0 aromatic carbocycles. The van der Waals surface area contributed by atoms with Crippen LogP contribution in [0.2, 0.25) is 0 Å². The topological polar surface area (TPSA) is 38.8 Å². The Morgan fingerprint density at radius 1 is 1.64 bits per heavy atom. The van der Waals surface area contributed by atoms with Crippen LogP contribution in [0.5, 0.6) is 0 Å². The van der Waals surface area contributed by atoms with Gasteiger partial charge >= 0.3 is 5.97 Å². The van der Waals surface area contributed by atoms with Gasteiger partial charge in [0.05, 0.1) is 6.61 Å². The minimum absolute atomic E-state index is 0.124. The minimum Gasteiger partial charge on any atom is -0.463 e. The summed E-state index contributed by atoms with van der Waals surface area (Å²) in [4.78, 5) is 11.1. The number of hydrogen-bond donors (Lipinski definition) is 0. The summed E-state index contributed by atoms with van der Waals surface area (Å²) in [6, 6.07) is 0. The molecule has 3 heteroatoms. The van der Waals surface area contributed by atoms with Crippen molar-refractivity contribution >= 4 is 5.97 Å². The lowest BCUT2D eigenvalue weighted by Crippen LogP contribution is -2.09. The quantitative estimate of drug-likeness (QED) is 0.372. The second-order valence-electron chi connectivity index (χ2n) is 3.58. The van der Waals surface area contributed by atoms with Gasteiger partial charge in [0.1, 0.15) is 12.7 Å². The Morgan fingerprint density at radius 2 is 2.36 bits per heavy atom. The summed E-state index contributed by atoms with van der Waals surface area (Å²) in [7, 11) is 0. The number of rotatable bonds is 6. The van der Waals surface area contributed by atoms with E-state index in [-0.39, 0.29) is 12.1 Å². The molecule has 1 unspecified atom stereocenters. The number of carbonyl (C=O) groups is 1. The fraction of sp³-hybridized carbons (Fsp3) is 0.727. The number of epoxide rings is 1. The van der Waals surface area contributed by atoms with E-state index >= 15 is 0 Å². The van der Waals surface area contributed by atoms with Crippen molar-refractivity contribution in [2.24, 2.45) is 0 Å². The first-order chi connectivity index (χ1) is 6.72. The van der Waals surface area contributed by atoms with Crippen LogP contribution < -0.4 is 0 Å². The first-order valence-electron chi connectivity index (χ1n) is 5.15. The van der Waals surface area contributed by atoms with Gasteiger partial charge in [-0.05, 0) is 19.8 Å². The normalized spacial score (nSPS) is 20.7. The summed E-state index contributed by atoms with van der Waals surface area (Å²) in [5, 5.41) is 0. The van der Waals surface area contributed by atoms with E-state index < -0.39 is 0 Å². The molecule has 1 fully saturated rings. The van der Waals surface area contributed by atoms with Crippen molar-refractivity contribution in [3.63, 3.8) is 0 Å². The zero-order chi connectivity index (χ0) is 10.4. The van der Waals surface area contributed by atoms with E-state index in [0.717, 1.165) is 19.4 Å². The number of allylic oxidation sites excluding steroid dienone is 2. The molecule has 1 aliphatic heterocycles. The maximum Gasteiger partial charge on any atom is 0.306 e. The molecule has 0 saturated carbocycles. The molecule has 0 radical (unpaired) electrons. The van der Waals surface area contributed by atoms with E-state index in [1.807, 2.05) is 0 Å². The van der Waals surface area contributed by atoms with Gasteiger partial charge in [-0.3, -0.25) is 4.79 Å². The van der Waals surface area contributed by atoms with Crippen LogP contribution in [0.25, 0.3) is 0 Å². The maximum absolute atomic E-state index is 11.1. The summed E-state index contributed by atoms with van der Waals surface area (Å²) in [6.07, 6.45) is 4.57. The van der Waals surface area contributed by atoms with Crippen LogP contribution >= 0.6 is 0 Å². The highest BCUT2D eigenvalue weighted by Gasteiger charge is 2.23. The fourth-order valence-corrected chi connectivity index (χ4v) is 1.00. The predicted octanol–water partition coefficient (Wildman–Crippen LogP) is 2.06. The second-order valence-corrected chi connectivity index (χ2v) is 3.58. The number of ether oxygens (including phenoxy) is 2. The van der Waals surface area contributed by atoms with E-state index in [9.17, 15) is 4.79 Å². The molecule has 0 spiro atoms. The van der Waals surface area contributed by atoms with Gasteiger partial charge in [0.2, 0.25) is 0 Å². The molecule has 0 aliphatic carbocycles. The highest BCUT2D eigenvalue weighted by atomic mass is 16.6. The van der Waals surface area contributed by atoms with Crippen molar-refractivity contribution in [3.8, 4) is 0 Å². The van der Waals surface area contributed by atoms with Gasteiger partial charge in [-0.2, -0.15) is 0 Å². The molecule has 1 saturated heterocycles. The van der Waals surface area contributed by atoms with Gasteiger partial charge < -0.3 is 9.47 Å². The van der Waals surface area contributed by atoms with Crippen molar-refractivity contribution in [1.29, 1.82) is 0 Å². The Labute approximate surface area is 85.1 Å². The van der Waals surface area contributed by atoms with E-state index in [0.29, 0.717) is 13.0 Å². The lowest BCUT2D eigenvalue weighted by atomic mass is 10.2. The smallest absolute Gasteiger partial charge is 0.306 e. The molecule has 1 aliphatic rings. The van der Waals surface area contributed by atoms with Crippen molar-refractivity contribution in [2.75, 3.05) is 13.2 Å². The molecule has 80 valence electrons. The van der Waals surface area contributed by atoms with Gasteiger partial charge in [-0.1, -0.05) is 18.6 Å². The van der Waals surface area contributed by atoms with E-state index in [1.54, 1.807) is 0 Å². The average Bonchev–Trinajstić information content (AvgIpc) is 2.98. The predicted molar refractivity (Wildman–Crippen MR) is 54.0 cm³/mol. The Bertz CT molecular complexity index is 217. The summed E-state index contributed by atoms with van der Waals surface area (Å²) in [5.41, 5.74) is 1.32. The third-order valence-corrected chi connectivity index (χ3v) is 2.23. The highest BCUT2D eigenvalue weighted by molar-refractivity contribution is 5.69. The van der Waals surface area contributed by atoms with Crippen LogP contribution in [-0.4, -0.2) is 25.3 Å². The molecule has 1 rings (SSSR count). The summed E-state index contributed by atoms with van der Waals surface area (Å²) in [6.45, 7) is 5.34. The van der Waals surface area contributed by atoms with Crippen molar-refractivity contribution in [2.45, 2.75) is 39.2 Å². The molecule has 0 aromatic rings. The van der Waals surface area contributed by atoms with E-state index in [4.69, 9.17) is 9.47 Å². The number of carbonyl (C=O) groups excluding carboxylic acids is 1. The average molecular weight is 198 g/mol. The molecular formula is C11H18O3. The van der Waals surface area contributed by atoms with Gasteiger partial charge in [0.25, 0.3) is 0 Å². The lowest BCUT2D eigenvalue weighted by Gasteiger charge is -2.00. The number of hydrogen-bond acceptors (Lipinski definition) is 3. The first-order valence-corrected chi connectivity index (χ1v) is 5.15. The molecular weight excluding hydrogens is 180 g/mol. The molecule has 0 amide bonds. The maximum atomic E-state index is 11.1. The van der Waals surface area contributed by atoms with Gasteiger partial charge in [-0.15, -0.1) is 0 Å². The third-order valence-electron chi connectivity index (χ3n) is 2.23. The van der Waals surface area contributed by atoms with Crippen LogP contribution in [0.15, 0.2) is 11.6 Å². The second kappa shape index (κ2) is 5.81. The van der Waals surface area contributed by atoms with Crippen LogP contribution in [-0.2, 0) is 14.3 Å². The molecule has 0 aromatic heterocycles. The Morgan fingerprint density at radius 3 is 2.93 bits per heavy atom. The Kier molecular flexibility index (Phi) is 4.66. The van der Waals surface area contributed by atoms with Crippen molar-refractivity contribution in [1.82, 2.24) is 0 Å². The number of esters is 1. The molecule has 3 nitrogen and oxygen atoms in total. The monoisotopic (exact) mass is 198 g/mol. The SMILES string of the molecule is CC/C(C)=C/CCC(=O)OCC1CO1. The van der Waals surface area contributed by atoms with Crippen LogP contribution in [0.4, 0.5) is 0 Å². The molecule has 0 N–H and O–H groups in total. The van der Waals surface area contributed by atoms with Crippen molar-refractivity contribution in [3.05, 3.63) is 11.6 Å². The van der Waals surface area contributed by atoms with E-state index in [2.05, 4.69) is 19.9 Å². The largest absolute Gasteiger partial charge is 0.463 e. The Hall–Kier alpha value is -0.830. The third kappa shape index (κ3) is 5.02. The fourth-order valence-electron chi connectivity index (χ4n) is 1.00. The molecule has 1 atom stereocenters. The van der Waals surface area contributed by atoms with Gasteiger partial charge in [0, 0.05) is 6.42 Å².